The van der Waals surface area contributed by atoms with E-state index < -0.39 is 11.6 Å². The first kappa shape index (κ1) is 25.3. The van der Waals surface area contributed by atoms with Crippen LogP contribution in [0.5, 0.6) is 0 Å². The van der Waals surface area contributed by atoms with Crippen molar-refractivity contribution in [1.82, 2.24) is 9.80 Å². The first-order chi connectivity index (χ1) is 14.3. The Morgan fingerprint density at radius 2 is 1.29 bits per heavy atom. The maximum atomic E-state index is 9.42. The topological polar surface area (TPSA) is 83.9 Å². The Morgan fingerprint density at radius 3 is 1.94 bits per heavy atom. The van der Waals surface area contributed by atoms with Gasteiger partial charge in [0.15, 0.2) is 11.6 Å². The molecule has 7 atom stereocenters. The molecule has 8 heteroatoms. The van der Waals surface area contributed by atoms with Crippen LogP contribution in [0.2, 0.25) is 0 Å². The van der Waals surface area contributed by atoms with Gasteiger partial charge in [0.25, 0.3) is 0 Å². The van der Waals surface area contributed by atoms with Gasteiger partial charge in [-0.3, -0.25) is 9.80 Å². The third-order valence-corrected chi connectivity index (χ3v) is 6.26. The molecule has 0 aromatic rings. The zero-order chi connectivity index (χ0) is 23.0. The third-order valence-electron chi connectivity index (χ3n) is 6.26. The summed E-state index contributed by atoms with van der Waals surface area (Å²) in [5.41, 5.74) is 0. The summed E-state index contributed by atoms with van der Waals surface area (Å²) in [6.07, 6.45) is 1.23. The van der Waals surface area contributed by atoms with Gasteiger partial charge in [-0.1, -0.05) is 6.92 Å². The molecule has 4 fully saturated rings. The Labute approximate surface area is 187 Å². The largest absolute Gasteiger partial charge is 0.392 e. The molecule has 4 aliphatic rings. The molecule has 0 aromatic carbocycles. The Balaban J connectivity index is 0.000000176. The lowest BCUT2D eigenvalue weighted by atomic mass is 9.94. The maximum absolute atomic E-state index is 9.42. The standard InChI is InChI=1S/C12H23NO3.C11H21NO3/c1-8-5-13(6-9(2)14)7-10-11(8)16-12(3,4)15-10;1-8(13)6-12-5-4-9-10(7-12)15-11(2,3)14-9/h8-11,14H,5-7H2,1-4H3;8-10,13H,4-7H2,1-3H3/t8-,9+,10-,11+;8-,9+,10-/m01/s1. The highest BCUT2D eigenvalue weighted by Crippen LogP contribution is 2.36. The Kier molecular flexibility index (Phi) is 8.07. The molecule has 2 N–H and O–H groups in total. The van der Waals surface area contributed by atoms with Crippen LogP contribution in [0.15, 0.2) is 0 Å². The number of rotatable bonds is 4. The minimum atomic E-state index is -0.454. The SMILES string of the molecule is C[C@@H](O)CN1CC[C@@H]2OC(C)(C)O[C@@H]2C1.C[C@@H](O)CN1C[C@@H]2OC(C)(C)O[C@@H]2[C@@H](C)C1. The number of aliphatic hydroxyl groups excluding tert-OH is 2. The maximum Gasteiger partial charge on any atom is 0.163 e. The Bertz CT molecular complexity index is 584. The van der Waals surface area contributed by atoms with E-state index >= 15 is 0 Å². The van der Waals surface area contributed by atoms with Crippen molar-refractivity contribution >= 4 is 0 Å². The molecule has 0 amide bonds. The fraction of sp³-hybridized carbons (Fsp3) is 1.00. The second kappa shape index (κ2) is 9.89. The molecule has 0 spiro atoms. The number of fused-ring (bicyclic) bond motifs is 2. The highest BCUT2D eigenvalue weighted by Gasteiger charge is 2.47. The van der Waals surface area contributed by atoms with E-state index in [2.05, 4.69) is 16.7 Å². The molecule has 4 heterocycles. The quantitative estimate of drug-likeness (QED) is 0.674. The van der Waals surface area contributed by atoms with Gasteiger partial charge in [0.2, 0.25) is 0 Å². The van der Waals surface area contributed by atoms with Crippen molar-refractivity contribution in [3.8, 4) is 0 Å². The molecule has 182 valence electrons. The lowest BCUT2D eigenvalue weighted by Crippen LogP contribution is -2.51. The lowest BCUT2D eigenvalue weighted by Gasteiger charge is -2.37. The number of β-amino-alcohol motifs (C(OH)–C–C–N with tert-alkyl or cyclic N) is 2. The number of aliphatic hydroxyl groups is 2. The predicted octanol–water partition coefficient (Wildman–Crippen LogP) is 1.43. The lowest BCUT2D eigenvalue weighted by molar-refractivity contribution is -0.147. The summed E-state index contributed by atoms with van der Waals surface area (Å²) >= 11 is 0. The van der Waals surface area contributed by atoms with Crippen LogP contribution in [0.3, 0.4) is 0 Å². The minimum Gasteiger partial charge on any atom is -0.392 e. The van der Waals surface area contributed by atoms with Crippen molar-refractivity contribution in [3.05, 3.63) is 0 Å². The van der Waals surface area contributed by atoms with Crippen LogP contribution in [0.4, 0.5) is 0 Å². The van der Waals surface area contributed by atoms with Gasteiger partial charge >= 0.3 is 0 Å². The fourth-order valence-corrected chi connectivity index (χ4v) is 5.35. The molecule has 0 aromatic heterocycles. The molecular weight excluding hydrogens is 400 g/mol. The Morgan fingerprint density at radius 1 is 0.774 bits per heavy atom. The number of likely N-dealkylation sites (tertiary alicyclic amines) is 2. The van der Waals surface area contributed by atoms with E-state index in [-0.39, 0.29) is 36.6 Å². The van der Waals surface area contributed by atoms with Gasteiger partial charge in [0, 0.05) is 39.3 Å². The van der Waals surface area contributed by atoms with E-state index in [1.807, 2.05) is 41.5 Å². The molecule has 4 rings (SSSR count). The number of hydrogen-bond acceptors (Lipinski definition) is 8. The molecule has 0 unspecified atom stereocenters. The van der Waals surface area contributed by atoms with E-state index in [1.54, 1.807) is 0 Å². The molecular formula is C23H44N2O6. The van der Waals surface area contributed by atoms with Gasteiger partial charge in [-0.15, -0.1) is 0 Å². The predicted molar refractivity (Wildman–Crippen MR) is 118 cm³/mol. The van der Waals surface area contributed by atoms with Crippen LogP contribution >= 0.6 is 0 Å². The zero-order valence-electron chi connectivity index (χ0n) is 20.4. The normalized spacial score (nSPS) is 39.2. The first-order valence-corrected chi connectivity index (χ1v) is 11.9. The van der Waals surface area contributed by atoms with E-state index in [0.717, 1.165) is 45.7 Å². The van der Waals surface area contributed by atoms with Crippen molar-refractivity contribution in [2.45, 2.75) is 103 Å². The molecule has 0 bridgehead atoms. The monoisotopic (exact) mass is 444 g/mol. The molecule has 0 radical (unpaired) electrons. The zero-order valence-corrected chi connectivity index (χ0v) is 20.4. The number of hydrogen-bond donors (Lipinski definition) is 2. The van der Waals surface area contributed by atoms with Crippen LogP contribution in [0.25, 0.3) is 0 Å². The third kappa shape index (κ3) is 7.08. The van der Waals surface area contributed by atoms with Crippen LogP contribution < -0.4 is 0 Å². The molecule has 0 saturated carbocycles. The van der Waals surface area contributed by atoms with Crippen molar-refractivity contribution in [1.29, 1.82) is 0 Å². The summed E-state index contributed by atoms with van der Waals surface area (Å²) in [7, 11) is 0. The van der Waals surface area contributed by atoms with E-state index in [4.69, 9.17) is 18.9 Å². The Hall–Kier alpha value is -0.320. The average molecular weight is 445 g/mol. The fourth-order valence-electron chi connectivity index (χ4n) is 5.35. The van der Waals surface area contributed by atoms with Crippen LogP contribution in [0, 0.1) is 5.92 Å². The van der Waals surface area contributed by atoms with E-state index in [1.165, 1.54) is 0 Å². The smallest absolute Gasteiger partial charge is 0.163 e. The van der Waals surface area contributed by atoms with Crippen LogP contribution in [-0.2, 0) is 18.9 Å². The second-order valence-electron chi connectivity index (χ2n) is 10.8. The van der Waals surface area contributed by atoms with Crippen LogP contribution in [0.1, 0.15) is 54.9 Å². The number of piperidine rings is 2. The summed E-state index contributed by atoms with van der Waals surface area (Å²) in [5.74, 6) is -0.431. The van der Waals surface area contributed by atoms with Gasteiger partial charge < -0.3 is 29.2 Å². The number of nitrogens with zero attached hydrogens (tertiary/aromatic N) is 2. The molecule has 0 aliphatic carbocycles. The summed E-state index contributed by atoms with van der Waals surface area (Å²) in [6, 6.07) is 0. The summed E-state index contributed by atoms with van der Waals surface area (Å²) in [5, 5.41) is 18.8. The molecule has 31 heavy (non-hydrogen) atoms. The summed E-state index contributed by atoms with van der Waals surface area (Å²) in [4.78, 5) is 4.51. The van der Waals surface area contributed by atoms with Gasteiger partial charge in [0.05, 0.1) is 30.5 Å². The van der Waals surface area contributed by atoms with E-state index in [9.17, 15) is 10.2 Å². The van der Waals surface area contributed by atoms with Gasteiger partial charge in [-0.25, -0.2) is 0 Å². The first-order valence-electron chi connectivity index (χ1n) is 11.9. The number of ether oxygens (including phenoxy) is 4. The van der Waals surface area contributed by atoms with Crippen molar-refractivity contribution in [2.24, 2.45) is 5.92 Å². The second-order valence-corrected chi connectivity index (χ2v) is 10.8. The van der Waals surface area contributed by atoms with Gasteiger partial charge in [-0.05, 0) is 53.9 Å². The average Bonchev–Trinajstić information content (AvgIpc) is 3.07. The van der Waals surface area contributed by atoms with Gasteiger partial charge in [0.1, 0.15) is 6.10 Å². The summed E-state index contributed by atoms with van der Waals surface area (Å²) in [6.45, 7) is 18.9. The highest BCUT2D eigenvalue weighted by molar-refractivity contribution is 4.92. The van der Waals surface area contributed by atoms with E-state index in [0.29, 0.717) is 5.92 Å². The molecule has 4 saturated heterocycles. The van der Waals surface area contributed by atoms with Crippen molar-refractivity contribution < 1.29 is 29.2 Å². The van der Waals surface area contributed by atoms with Crippen LogP contribution in [-0.4, -0.2) is 107 Å². The van der Waals surface area contributed by atoms with Gasteiger partial charge in [-0.2, -0.15) is 0 Å². The molecule has 8 nitrogen and oxygen atoms in total. The van der Waals surface area contributed by atoms with Crippen molar-refractivity contribution in [2.75, 3.05) is 39.3 Å². The molecule has 4 aliphatic heterocycles. The summed E-state index contributed by atoms with van der Waals surface area (Å²) < 4.78 is 23.4. The minimum absolute atomic E-state index is 0.150. The van der Waals surface area contributed by atoms with Crippen molar-refractivity contribution in [3.63, 3.8) is 0 Å². The highest BCUT2D eigenvalue weighted by atomic mass is 16.8.